The smallest absolute Gasteiger partial charge is 0.410 e. The van der Waals surface area contributed by atoms with Crippen LogP contribution in [0.4, 0.5) is 9.18 Å². The number of halogens is 1. The Morgan fingerprint density at radius 2 is 1.69 bits per heavy atom. The molecule has 4 rings (SSSR count). The van der Waals surface area contributed by atoms with Crippen molar-refractivity contribution in [1.29, 1.82) is 0 Å². The Hall–Kier alpha value is -3.68. The van der Waals surface area contributed by atoms with Crippen LogP contribution in [0.3, 0.4) is 0 Å². The molecule has 0 aliphatic carbocycles. The number of ether oxygens (including phenoxy) is 1. The van der Waals surface area contributed by atoms with Gasteiger partial charge in [-0.1, -0.05) is 29.8 Å². The Morgan fingerprint density at radius 1 is 1.06 bits per heavy atom. The molecule has 36 heavy (non-hydrogen) atoms. The number of nitrogens with one attached hydrogen (secondary N) is 1. The second-order valence-electron chi connectivity index (χ2n) is 10.2. The number of hydrogen-bond donors (Lipinski definition) is 1. The molecule has 1 fully saturated rings. The van der Waals surface area contributed by atoms with Gasteiger partial charge in [0.2, 0.25) is 0 Å². The number of nitrogens with zero attached hydrogens (tertiary/aromatic N) is 3. The van der Waals surface area contributed by atoms with Crippen LogP contribution in [0.5, 0.6) is 0 Å². The Morgan fingerprint density at radius 3 is 2.31 bits per heavy atom. The molecule has 2 heterocycles. The predicted molar refractivity (Wildman–Crippen MR) is 136 cm³/mol. The van der Waals surface area contributed by atoms with Crippen LogP contribution in [0, 0.1) is 12.7 Å². The van der Waals surface area contributed by atoms with E-state index < -0.39 is 5.60 Å². The summed E-state index contributed by atoms with van der Waals surface area (Å²) >= 11 is 0. The second kappa shape index (κ2) is 10.5. The molecule has 8 heteroatoms. The first-order valence-electron chi connectivity index (χ1n) is 12.3. The van der Waals surface area contributed by atoms with E-state index in [0.717, 1.165) is 16.8 Å². The van der Waals surface area contributed by atoms with Gasteiger partial charge in [-0.3, -0.25) is 4.79 Å². The molecule has 2 aromatic carbocycles. The topological polar surface area (TPSA) is 76.5 Å². The Bertz CT molecular complexity index is 1210. The monoisotopic (exact) mass is 492 g/mol. The van der Waals surface area contributed by atoms with E-state index in [9.17, 15) is 14.0 Å². The molecule has 1 aliphatic rings. The van der Waals surface area contributed by atoms with E-state index >= 15 is 0 Å². The van der Waals surface area contributed by atoms with Crippen molar-refractivity contribution in [2.75, 3.05) is 13.1 Å². The minimum atomic E-state index is -0.558. The summed E-state index contributed by atoms with van der Waals surface area (Å²) in [5.74, 6) is -0.556. The van der Waals surface area contributed by atoms with Gasteiger partial charge in [0.25, 0.3) is 5.91 Å². The molecule has 1 aliphatic heterocycles. The molecule has 0 atom stereocenters. The summed E-state index contributed by atoms with van der Waals surface area (Å²) in [7, 11) is 0. The van der Waals surface area contributed by atoms with Crippen LogP contribution in [0.25, 0.3) is 5.69 Å². The van der Waals surface area contributed by atoms with Gasteiger partial charge in [-0.05, 0) is 70.4 Å². The second-order valence-corrected chi connectivity index (χ2v) is 10.2. The molecular weight excluding hydrogens is 459 g/mol. The third-order valence-electron chi connectivity index (χ3n) is 6.23. The van der Waals surface area contributed by atoms with Crippen LogP contribution in [0.2, 0.25) is 0 Å². The molecule has 0 unspecified atom stereocenters. The molecule has 0 bridgehead atoms. The molecule has 0 saturated carbocycles. The Balaban J connectivity index is 1.56. The van der Waals surface area contributed by atoms with E-state index in [0.29, 0.717) is 43.7 Å². The summed E-state index contributed by atoms with van der Waals surface area (Å²) in [5, 5.41) is 7.51. The van der Waals surface area contributed by atoms with Crippen LogP contribution >= 0.6 is 0 Å². The molecule has 1 saturated heterocycles. The SMILES string of the molecule is Cc1ccc(CNC(=O)c2cnn(-c3ccc(F)cc3)c2C2CCN(C(=O)OC(C)(C)C)CC2)cc1. The minimum Gasteiger partial charge on any atom is -0.444 e. The molecule has 0 radical (unpaired) electrons. The molecule has 0 spiro atoms. The van der Waals surface area contributed by atoms with Crippen LogP contribution < -0.4 is 5.32 Å². The van der Waals surface area contributed by atoms with Gasteiger partial charge in [-0.15, -0.1) is 0 Å². The minimum absolute atomic E-state index is 0.00337. The molecule has 190 valence electrons. The van der Waals surface area contributed by atoms with E-state index in [1.165, 1.54) is 12.1 Å². The number of carbonyl (C=O) groups excluding carboxylic acids is 2. The molecule has 1 N–H and O–H groups in total. The number of hydrogen-bond acceptors (Lipinski definition) is 4. The standard InChI is InChI=1S/C28H33FN4O3/c1-19-5-7-20(8-6-19)17-30-26(34)24-18-31-33(23-11-9-22(29)10-12-23)25(24)21-13-15-32(16-14-21)27(35)36-28(2,3)4/h5-12,18,21H,13-17H2,1-4H3,(H,30,34). The summed E-state index contributed by atoms with van der Waals surface area (Å²) in [5.41, 5.74) is 3.54. The summed E-state index contributed by atoms with van der Waals surface area (Å²) < 4.78 is 20.8. The summed E-state index contributed by atoms with van der Waals surface area (Å²) in [6, 6.07) is 14.1. The van der Waals surface area contributed by atoms with Gasteiger partial charge in [0.1, 0.15) is 11.4 Å². The van der Waals surface area contributed by atoms with Gasteiger partial charge in [0.15, 0.2) is 0 Å². The zero-order chi connectivity index (χ0) is 25.9. The first kappa shape index (κ1) is 25.4. The highest BCUT2D eigenvalue weighted by Crippen LogP contribution is 2.33. The van der Waals surface area contributed by atoms with E-state index in [1.54, 1.807) is 27.9 Å². The number of likely N-dealkylation sites (tertiary alicyclic amines) is 1. The molecular formula is C28H33FN4O3. The third kappa shape index (κ3) is 6.11. The number of carbonyl (C=O) groups is 2. The van der Waals surface area contributed by atoms with Crippen molar-refractivity contribution < 1.29 is 18.7 Å². The van der Waals surface area contributed by atoms with Gasteiger partial charge in [0, 0.05) is 25.6 Å². The van der Waals surface area contributed by atoms with Gasteiger partial charge in [-0.25, -0.2) is 13.9 Å². The lowest BCUT2D eigenvalue weighted by Gasteiger charge is -2.34. The highest BCUT2D eigenvalue weighted by Gasteiger charge is 2.32. The fourth-order valence-electron chi connectivity index (χ4n) is 4.36. The highest BCUT2D eigenvalue weighted by molar-refractivity contribution is 5.95. The first-order chi connectivity index (χ1) is 17.1. The number of piperidine rings is 1. The number of rotatable bonds is 5. The van der Waals surface area contributed by atoms with E-state index in [-0.39, 0.29) is 23.7 Å². The van der Waals surface area contributed by atoms with Gasteiger partial charge in [-0.2, -0.15) is 5.10 Å². The summed E-state index contributed by atoms with van der Waals surface area (Å²) in [6.07, 6.45) is 2.56. The quantitative estimate of drug-likeness (QED) is 0.520. The number of benzene rings is 2. The fraction of sp³-hybridized carbons (Fsp3) is 0.393. The number of aromatic nitrogens is 2. The fourth-order valence-corrected chi connectivity index (χ4v) is 4.36. The van der Waals surface area contributed by atoms with Crippen molar-refractivity contribution >= 4 is 12.0 Å². The van der Waals surface area contributed by atoms with Crippen molar-refractivity contribution in [3.8, 4) is 5.69 Å². The summed E-state index contributed by atoms with van der Waals surface area (Å²) in [4.78, 5) is 27.5. The predicted octanol–water partition coefficient (Wildman–Crippen LogP) is 5.36. The maximum Gasteiger partial charge on any atom is 0.410 e. The lowest BCUT2D eigenvalue weighted by Crippen LogP contribution is -2.41. The Labute approximate surface area is 211 Å². The molecule has 3 aromatic rings. The van der Waals surface area contributed by atoms with Crippen molar-refractivity contribution in [3.05, 3.63) is 82.9 Å². The molecule has 7 nitrogen and oxygen atoms in total. The van der Waals surface area contributed by atoms with Gasteiger partial charge >= 0.3 is 6.09 Å². The largest absolute Gasteiger partial charge is 0.444 e. The summed E-state index contributed by atoms with van der Waals surface area (Å²) in [6.45, 7) is 8.99. The van der Waals surface area contributed by atoms with Crippen molar-refractivity contribution in [3.63, 3.8) is 0 Å². The third-order valence-corrected chi connectivity index (χ3v) is 6.23. The van der Waals surface area contributed by atoms with Crippen molar-refractivity contribution in [2.24, 2.45) is 0 Å². The zero-order valence-electron chi connectivity index (χ0n) is 21.3. The first-order valence-corrected chi connectivity index (χ1v) is 12.3. The van der Waals surface area contributed by atoms with Crippen LogP contribution in [0.1, 0.15) is 66.7 Å². The maximum atomic E-state index is 13.6. The van der Waals surface area contributed by atoms with Crippen molar-refractivity contribution in [1.82, 2.24) is 20.0 Å². The van der Waals surface area contributed by atoms with E-state index in [1.807, 2.05) is 52.0 Å². The highest BCUT2D eigenvalue weighted by atomic mass is 19.1. The van der Waals surface area contributed by atoms with E-state index in [4.69, 9.17) is 4.74 Å². The lowest BCUT2D eigenvalue weighted by atomic mass is 9.90. The van der Waals surface area contributed by atoms with E-state index in [2.05, 4.69) is 10.4 Å². The molecule has 1 aromatic heterocycles. The van der Waals surface area contributed by atoms with Crippen LogP contribution in [0.15, 0.2) is 54.7 Å². The van der Waals surface area contributed by atoms with Crippen molar-refractivity contribution in [2.45, 2.75) is 58.6 Å². The Kier molecular flexibility index (Phi) is 7.43. The average molecular weight is 493 g/mol. The van der Waals surface area contributed by atoms with Crippen LogP contribution in [-0.2, 0) is 11.3 Å². The lowest BCUT2D eigenvalue weighted by molar-refractivity contribution is 0.0203. The van der Waals surface area contributed by atoms with Gasteiger partial charge < -0.3 is 15.0 Å². The van der Waals surface area contributed by atoms with Gasteiger partial charge in [0.05, 0.1) is 23.1 Å². The zero-order valence-corrected chi connectivity index (χ0v) is 21.3. The molecule has 2 amide bonds. The van der Waals surface area contributed by atoms with Crippen LogP contribution in [-0.4, -0.2) is 45.4 Å². The number of amides is 2. The normalized spacial score (nSPS) is 14.5. The maximum absolute atomic E-state index is 13.6. The average Bonchev–Trinajstić information content (AvgIpc) is 3.28. The number of aryl methyl sites for hydroxylation is 1.